The summed E-state index contributed by atoms with van der Waals surface area (Å²) in [6.07, 6.45) is -1.76. The number of nitrogens with zero attached hydrogens (tertiary/aromatic N) is 2. The fourth-order valence-corrected chi connectivity index (χ4v) is 3.21. The van der Waals surface area contributed by atoms with E-state index in [2.05, 4.69) is 10.3 Å². The van der Waals surface area contributed by atoms with E-state index in [4.69, 9.17) is 9.47 Å². The maximum atomic E-state index is 13.1. The molecule has 1 aromatic carbocycles. The summed E-state index contributed by atoms with van der Waals surface area (Å²) in [5.41, 5.74) is -0.292. The number of hydrogen-bond acceptors (Lipinski definition) is 4. The van der Waals surface area contributed by atoms with Crippen LogP contribution in [-0.2, 0) is 6.18 Å². The third-order valence-corrected chi connectivity index (χ3v) is 4.66. The van der Waals surface area contributed by atoms with Crippen LogP contribution in [0.4, 0.5) is 23.7 Å². The van der Waals surface area contributed by atoms with Gasteiger partial charge in [0.2, 0.25) is 5.88 Å². The maximum Gasteiger partial charge on any atom is 0.421 e. The van der Waals surface area contributed by atoms with Crippen molar-refractivity contribution in [2.24, 2.45) is 5.92 Å². The van der Waals surface area contributed by atoms with Crippen LogP contribution in [0.2, 0.25) is 0 Å². The first-order valence-corrected chi connectivity index (χ1v) is 9.22. The van der Waals surface area contributed by atoms with Crippen LogP contribution in [0.5, 0.6) is 11.6 Å². The zero-order valence-corrected chi connectivity index (χ0v) is 15.9. The first-order valence-electron chi connectivity index (χ1n) is 9.22. The number of halogens is 3. The normalized spacial score (nSPS) is 17.0. The number of anilines is 1. The summed E-state index contributed by atoms with van der Waals surface area (Å²) in [6.45, 7) is 1.02. The van der Waals surface area contributed by atoms with E-state index in [1.807, 2.05) is 0 Å². The lowest BCUT2D eigenvalue weighted by atomic mass is 9.99. The van der Waals surface area contributed by atoms with Crippen LogP contribution in [0, 0.1) is 5.92 Å². The average molecular weight is 409 g/mol. The van der Waals surface area contributed by atoms with Crippen LogP contribution in [0.3, 0.4) is 0 Å². The van der Waals surface area contributed by atoms with Gasteiger partial charge in [0.15, 0.2) is 0 Å². The summed E-state index contributed by atoms with van der Waals surface area (Å²) in [5, 5.41) is 2.81. The molecule has 0 aliphatic carbocycles. The number of rotatable bonds is 5. The number of nitrogens with one attached hydrogen (secondary N) is 1. The number of hydrogen-bond donors (Lipinski definition) is 1. The monoisotopic (exact) mass is 409 g/mol. The summed E-state index contributed by atoms with van der Waals surface area (Å²) < 4.78 is 49.7. The molecule has 1 aliphatic heterocycles. The second kappa shape index (κ2) is 9.02. The van der Waals surface area contributed by atoms with Crippen LogP contribution in [0.1, 0.15) is 18.4 Å². The number of benzene rings is 1. The molecule has 1 aromatic heterocycles. The Balaban J connectivity index is 1.57. The minimum absolute atomic E-state index is 0.0586. The lowest BCUT2D eigenvalue weighted by Crippen LogP contribution is -2.43. The van der Waals surface area contributed by atoms with Gasteiger partial charge in [-0.2, -0.15) is 13.2 Å². The summed E-state index contributed by atoms with van der Waals surface area (Å²) in [5.74, 6) is 0.115. The Kier molecular flexibility index (Phi) is 6.46. The first kappa shape index (κ1) is 20.8. The molecule has 6 nitrogen and oxygen atoms in total. The fraction of sp³-hybridized carbons (Fsp3) is 0.400. The molecule has 156 valence electrons. The van der Waals surface area contributed by atoms with E-state index in [1.54, 1.807) is 36.3 Å². The molecule has 0 bridgehead atoms. The third-order valence-electron chi connectivity index (χ3n) is 4.66. The predicted molar refractivity (Wildman–Crippen MR) is 101 cm³/mol. The third kappa shape index (κ3) is 5.52. The summed E-state index contributed by atoms with van der Waals surface area (Å²) >= 11 is 0. The number of urea groups is 1. The first-order chi connectivity index (χ1) is 13.9. The van der Waals surface area contributed by atoms with Crippen molar-refractivity contribution < 1.29 is 27.4 Å². The Morgan fingerprint density at radius 3 is 2.90 bits per heavy atom. The molecule has 0 spiro atoms. The van der Waals surface area contributed by atoms with Crippen LogP contribution in [0.25, 0.3) is 0 Å². The molecule has 0 radical (unpaired) electrons. The largest absolute Gasteiger partial charge is 0.497 e. The van der Waals surface area contributed by atoms with Gasteiger partial charge in [-0.05, 0) is 37.1 Å². The van der Waals surface area contributed by atoms with Gasteiger partial charge in [0.25, 0.3) is 0 Å². The molecular formula is C20H22F3N3O3. The van der Waals surface area contributed by atoms with Crippen LogP contribution in [0.15, 0.2) is 42.6 Å². The van der Waals surface area contributed by atoms with Crippen molar-refractivity contribution in [2.45, 2.75) is 19.0 Å². The van der Waals surface area contributed by atoms with E-state index >= 15 is 0 Å². The number of piperidine rings is 1. The van der Waals surface area contributed by atoms with E-state index in [0.717, 1.165) is 18.9 Å². The number of likely N-dealkylation sites (tertiary alicyclic amines) is 1. The number of amides is 2. The second-order valence-corrected chi connectivity index (χ2v) is 6.78. The highest BCUT2D eigenvalue weighted by molar-refractivity contribution is 5.89. The molecule has 1 fully saturated rings. The molecule has 2 aromatic rings. The lowest BCUT2D eigenvalue weighted by molar-refractivity contribution is -0.139. The number of alkyl halides is 3. The van der Waals surface area contributed by atoms with E-state index in [0.29, 0.717) is 24.5 Å². The number of methoxy groups -OCH3 is 1. The molecule has 1 atom stereocenters. The zero-order valence-electron chi connectivity index (χ0n) is 15.9. The number of carbonyl (C=O) groups excluding carboxylic acids is 1. The van der Waals surface area contributed by atoms with Gasteiger partial charge in [0, 0.05) is 37.0 Å². The molecule has 2 amide bonds. The predicted octanol–water partition coefficient (Wildman–Crippen LogP) is 4.43. The van der Waals surface area contributed by atoms with Crippen molar-refractivity contribution in [3.8, 4) is 11.6 Å². The number of pyridine rings is 1. The summed E-state index contributed by atoms with van der Waals surface area (Å²) in [6, 6.07) is 8.91. The van der Waals surface area contributed by atoms with E-state index < -0.39 is 17.6 Å². The van der Waals surface area contributed by atoms with Gasteiger partial charge in [0.05, 0.1) is 13.7 Å². The molecule has 0 saturated carbocycles. The van der Waals surface area contributed by atoms with Gasteiger partial charge in [-0.1, -0.05) is 6.07 Å². The van der Waals surface area contributed by atoms with Gasteiger partial charge in [0.1, 0.15) is 11.3 Å². The van der Waals surface area contributed by atoms with Crippen LogP contribution >= 0.6 is 0 Å². The molecule has 9 heteroatoms. The number of carbonyl (C=O) groups is 1. The Morgan fingerprint density at radius 1 is 1.31 bits per heavy atom. The lowest BCUT2D eigenvalue weighted by Gasteiger charge is -2.32. The number of ether oxygens (including phenoxy) is 2. The van der Waals surface area contributed by atoms with Gasteiger partial charge < -0.3 is 19.7 Å². The molecular weight excluding hydrogens is 387 g/mol. The Labute approximate surface area is 166 Å². The van der Waals surface area contributed by atoms with Crippen molar-refractivity contribution in [2.75, 3.05) is 32.1 Å². The quantitative estimate of drug-likeness (QED) is 0.794. The average Bonchev–Trinajstić information content (AvgIpc) is 2.72. The van der Waals surface area contributed by atoms with E-state index in [1.165, 1.54) is 12.3 Å². The smallest absolute Gasteiger partial charge is 0.421 e. The zero-order chi connectivity index (χ0) is 20.9. The minimum atomic E-state index is -4.53. The summed E-state index contributed by atoms with van der Waals surface area (Å²) in [4.78, 5) is 17.9. The molecule has 3 rings (SSSR count). The Morgan fingerprint density at radius 2 is 2.14 bits per heavy atom. The molecule has 1 aliphatic rings. The molecule has 1 saturated heterocycles. The molecule has 1 N–H and O–H groups in total. The van der Waals surface area contributed by atoms with Gasteiger partial charge in [-0.3, -0.25) is 0 Å². The molecule has 1 unspecified atom stereocenters. The van der Waals surface area contributed by atoms with Crippen LogP contribution < -0.4 is 14.8 Å². The standard InChI is InChI=1S/C20H22F3N3O3/c1-28-16-7-2-6-15(11-16)25-19(27)26-10-4-5-14(12-26)13-29-18-17(20(21,22)23)8-3-9-24-18/h2-3,6-9,11,14H,4-5,10,12-13H2,1H3,(H,25,27). The highest BCUT2D eigenvalue weighted by Gasteiger charge is 2.35. The second-order valence-electron chi connectivity index (χ2n) is 6.78. The van der Waals surface area contributed by atoms with Crippen molar-refractivity contribution in [3.05, 3.63) is 48.2 Å². The van der Waals surface area contributed by atoms with Crippen molar-refractivity contribution in [1.29, 1.82) is 0 Å². The van der Waals surface area contributed by atoms with Gasteiger partial charge >= 0.3 is 12.2 Å². The van der Waals surface area contributed by atoms with E-state index in [-0.39, 0.29) is 18.6 Å². The summed E-state index contributed by atoms with van der Waals surface area (Å²) in [7, 11) is 1.54. The van der Waals surface area contributed by atoms with Gasteiger partial charge in [-0.25, -0.2) is 9.78 Å². The molecule has 29 heavy (non-hydrogen) atoms. The van der Waals surface area contributed by atoms with Crippen molar-refractivity contribution in [3.63, 3.8) is 0 Å². The van der Waals surface area contributed by atoms with Gasteiger partial charge in [-0.15, -0.1) is 0 Å². The number of aromatic nitrogens is 1. The topological polar surface area (TPSA) is 63.7 Å². The van der Waals surface area contributed by atoms with E-state index in [9.17, 15) is 18.0 Å². The van der Waals surface area contributed by atoms with Crippen molar-refractivity contribution >= 4 is 11.7 Å². The maximum absolute atomic E-state index is 13.1. The SMILES string of the molecule is COc1cccc(NC(=O)N2CCCC(COc3ncccc3C(F)(F)F)C2)c1. The van der Waals surface area contributed by atoms with Crippen molar-refractivity contribution in [1.82, 2.24) is 9.88 Å². The fourth-order valence-electron chi connectivity index (χ4n) is 3.21. The highest BCUT2D eigenvalue weighted by Crippen LogP contribution is 2.35. The molecule has 2 heterocycles. The Bertz CT molecular complexity index is 845. The van der Waals surface area contributed by atoms with Crippen LogP contribution in [-0.4, -0.2) is 42.7 Å². The Hall–Kier alpha value is -2.97. The highest BCUT2D eigenvalue weighted by atomic mass is 19.4. The minimum Gasteiger partial charge on any atom is -0.497 e.